The molecule has 3 unspecified atom stereocenters. The van der Waals surface area contributed by atoms with Gasteiger partial charge < -0.3 is 0 Å². The number of hydrogen-bond donors (Lipinski definition) is 0. The van der Waals surface area contributed by atoms with Crippen LogP contribution < -0.4 is 0 Å². The first-order valence-corrected chi connectivity index (χ1v) is 8.75. The number of sulfone groups is 1. The van der Waals surface area contributed by atoms with Gasteiger partial charge in [0.1, 0.15) is 0 Å². The van der Waals surface area contributed by atoms with Crippen molar-refractivity contribution in [3.8, 4) is 6.07 Å². The van der Waals surface area contributed by atoms with Crippen LogP contribution in [0, 0.1) is 23.2 Å². The molecule has 0 saturated heterocycles. The topological polar surface area (TPSA) is 57.9 Å². The first-order chi connectivity index (χ1) is 9.36. The van der Waals surface area contributed by atoms with E-state index < -0.39 is 21.0 Å². The zero-order valence-corrected chi connectivity index (χ0v) is 13.3. The summed E-state index contributed by atoms with van der Waals surface area (Å²) in [5.41, 5.74) is 0. The minimum absolute atomic E-state index is 0.0333. The monoisotopic (exact) mass is 331 g/mol. The molecule has 6 heteroatoms. The molecule has 1 saturated carbocycles. The van der Waals surface area contributed by atoms with E-state index in [-0.39, 0.29) is 15.8 Å². The quantitative estimate of drug-likeness (QED) is 0.819. The zero-order valence-electron chi connectivity index (χ0n) is 11.0. The Morgan fingerprint density at radius 2 is 2.00 bits per heavy atom. The Bertz CT molecular complexity index is 652. The van der Waals surface area contributed by atoms with Gasteiger partial charge in [0.05, 0.1) is 27.2 Å². The third-order valence-electron chi connectivity index (χ3n) is 3.82. The van der Waals surface area contributed by atoms with Gasteiger partial charge in [-0.2, -0.15) is 5.26 Å². The lowest BCUT2D eigenvalue weighted by atomic mass is 9.83. The van der Waals surface area contributed by atoms with Crippen LogP contribution >= 0.6 is 23.2 Å². The van der Waals surface area contributed by atoms with Crippen molar-refractivity contribution >= 4 is 33.0 Å². The highest BCUT2D eigenvalue weighted by atomic mass is 35.5. The Hall–Kier alpha value is -0.760. The molecule has 0 aliphatic heterocycles. The summed E-state index contributed by atoms with van der Waals surface area (Å²) in [4.78, 5) is 0.0333. The molecular weight excluding hydrogens is 317 g/mol. The first kappa shape index (κ1) is 15.6. The minimum atomic E-state index is -3.65. The van der Waals surface area contributed by atoms with E-state index in [1.165, 1.54) is 12.1 Å². The molecule has 0 heterocycles. The maximum absolute atomic E-state index is 12.8. The van der Waals surface area contributed by atoms with Gasteiger partial charge in [-0.05, 0) is 43.4 Å². The fourth-order valence-corrected chi connectivity index (χ4v) is 5.52. The van der Waals surface area contributed by atoms with Crippen molar-refractivity contribution in [3.63, 3.8) is 0 Å². The predicted molar refractivity (Wildman–Crippen MR) is 79.6 cm³/mol. The number of rotatable bonds is 2. The predicted octanol–water partition coefficient (Wildman–Crippen LogP) is 4.10. The maximum Gasteiger partial charge on any atom is 0.184 e. The normalized spacial score (nSPS) is 27.0. The molecule has 3 atom stereocenters. The second-order valence-corrected chi connectivity index (χ2v) is 8.29. The van der Waals surface area contributed by atoms with Gasteiger partial charge >= 0.3 is 0 Å². The molecule has 1 aromatic rings. The molecule has 1 aliphatic carbocycles. The molecular formula is C14H15Cl2NO2S. The summed E-state index contributed by atoms with van der Waals surface area (Å²) < 4.78 is 25.6. The summed E-state index contributed by atoms with van der Waals surface area (Å²) >= 11 is 11.9. The first-order valence-electron chi connectivity index (χ1n) is 6.45. The van der Waals surface area contributed by atoms with E-state index in [1.807, 2.05) is 6.92 Å². The van der Waals surface area contributed by atoms with E-state index >= 15 is 0 Å². The lowest BCUT2D eigenvalue weighted by molar-refractivity contribution is 0.335. The van der Waals surface area contributed by atoms with Gasteiger partial charge in [-0.25, -0.2) is 8.42 Å². The molecule has 0 aromatic heterocycles. The van der Waals surface area contributed by atoms with Crippen molar-refractivity contribution in [2.24, 2.45) is 11.8 Å². The second kappa shape index (κ2) is 5.93. The third kappa shape index (κ3) is 2.95. The molecule has 1 aromatic carbocycles. The molecule has 0 spiro atoms. The number of hydrogen-bond acceptors (Lipinski definition) is 3. The summed E-state index contributed by atoms with van der Waals surface area (Å²) in [6.45, 7) is 2.01. The summed E-state index contributed by atoms with van der Waals surface area (Å²) in [6.07, 6.45) is 1.98. The Morgan fingerprint density at radius 1 is 1.30 bits per heavy atom. The van der Waals surface area contributed by atoms with Gasteiger partial charge in [0.2, 0.25) is 0 Å². The second-order valence-electron chi connectivity index (χ2n) is 5.31. The van der Waals surface area contributed by atoms with E-state index in [1.54, 1.807) is 6.07 Å². The van der Waals surface area contributed by atoms with E-state index in [4.69, 9.17) is 23.2 Å². The van der Waals surface area contributed by atoms with Crippen LogP contribution in [0.4, 0.5) is 0 Å². The van der Waals surface area contributed by atoms with Crippen LogP contribution in [0.5, 0.6) is 0 Å². The van der Waals surface area contributed by atoms with E-state index in [9.17, 15) is 13.7 Å². The molecule has 0 bridgehead atoms. The molecule has 0 radical (unpaired) electrons. The van der Waals surface area contributed by atoms with Crippen LogP contribution in [0.15, 0.2) is 23.1 Å². The summed E-state index contributed by atoms with van der Waals surface area (Å²) in [6, 6.07) is 6.52. The molecule has 1 fully saturated rings. The molecule has 1 aliphatic rings. The third-order valence-corrected chi connectivity index (χ3v) is 6.76. The van der Waals surface area contributed by atoms with Gasteiger partial charge in [-0.15, -0.1) is 0 Å². The largest absolute Gasteiger partial charge is 0.223 e. The fraction of sp³-hybridized carbons (Fsp3) is 0.500. The average Bonchev–Trinajstić information content (AvgIpc) is 2.41. The molecule has 2 rings (SSSR count). The molecule has 3 nitrogen and oxygen atoms in total. The van der Waals surface area contributed by atoms with Crippen LogP contribution in [0.25, 0.3) is 0 Å². The van der Waals surface area contributed by atoms with Crippen molar-refractivity contribution in [2.45, 2.75) is 36.3 Å². The van der Waals surface area contributed by atoms with Crippen molar-refractivity contribution in [1.29, 1.82) is 5.26 Å². The van der Waals surface area contributed by atoms with Crippen LogP contribution in [-0.4, -0.2) is 13.7 Å². The lowest BCUT2D eigenvalue weighted by Crippen LogP contribution is -2.35. The van der Waals surface area contributed by atoms with Gasteiger partial charge in [0, 0.05) is 5.02 Å². The highest BCUT2D eigenvalue weighted by Gasteiger charge is 2.39. The highest BCUT2D eigenvalue weighted by molar-refractivity contribution is 7.92. The summed E-state index contributed by atoms with van der Waals surface area (Å²) in [5.74, 6) is -0.191. The number of halogens is 2. The summed E-state index contributed by atoms with van der Waals surface area (Å²) in [7, 11) is -3.65. The van der Waals surface area contributed by atoms with Crippen LogP contribution in [0.1, 0.15) is 26.2 Å². The SMILES string of the molecule is CC1CCC(C#N)C(S(=O)(=O)c2cc(Cl)ccc2Cl)C1. The molecule has 0 N–H and O–H groups in total. The Morgan fingerprint density at radius 3 is 2.65 bits per heavy atom. The van der Waals surface area contributed by atoms with Gasteiger partial charge in [-0.3, -0.25) is 0 Å². The van der Waals surface area contributed by atoms with Crippen molar-refractivity contribution in [2.75, 3.05) is 0 Å². The Kier molecular flexibility index (Phi) is 4.63. The van der Waals surface area contributed by atoms with Crippen molar-refractivity contribution in [3.05, 3.63) is 28.2 Å². The molecule has 20 heavy (non-hydrogen) atoms. The van der Waals surface area contributed by atoms with Gasteiger partial charge in [0.15, 0.2) is 9.84 Å². The van der Waals surface area contributed by atoms with E-state index in [0.29, 0.717) is 17.9 Å². The van der Waals surface area contributed by atoms with E-state index in [0.717, 1.165) is 6.42 Å². The maximum atomic E-state index is 12.8. The molecule has 0 amide bonds. The van der Waals surface area contributed by atoms with Gasteiger partial charge in [0.25, 0.3) is 0 Å². The van der Waals surface area contributed by atoms with Crippen LogP contribution in [0.3, 0.4) is 0 Å². The highest BCUT2D eigenvalue weighted by Crippen LogP contribution is 2.38. The standard InChI is InChI=1S/C14H15Cl2NO2S/c1-9-2-3-10(8-17)13(6-9)20(18,19)14-7-11(15)4-5-12(14)16/h4-5,7,9-10,13H,2-3,6H2,1H3. The smallest absolute Gasteiger partial charge is 0.184 e. The Balaban J connectivity index is 2.48. The van der Waals surface area contributed by atoms with E-state index in [2.05, 4.69) is 6.07 Å². The molecule has 108 valence electrons. The van der Waals surface area contributed by atoms with Crippen molar-refractivity contribution in [1.82, 2.24) is 0 Å². The van der Waals surface area contributed by atoms with Crippen molar-refractivity contribution < 1.29 is 8.42 Å². The van der Waals surface area contributed by atoms with Crippen LogP contribution in [-0.2, 0) is 9.84 Å². The Labute approximate surface area is 129 Å². The van der Waals surface area contributed by atoms with Crippen LogP contribution in [0.2, 0.25) is 10.0 Å². The van der Waals surface area contributed by atoms with Gasteiger partial charge in [-0.1, -0.05) is 30.1 Å². The summed E-state index contributed by atoms with van der Waals surface area (Å²) in [5, 5.41) is 8.99. The number of nitriles is 1. The zero-order chi connectivity index (χ0) is 14.9. The minimum Gasteiger partial charge on any atom is -0.223 e. The number of nitrogens with zero attached hydrogens (tertiary/aromatic N) is 1. The lowest BCUT2D eigenvalue weighted by Gasteiger charge is -2.30. The number of benzene rings is 1. The fourth-order valence-electron chi connectivity index (χ4n) is 2.68. The average molecular weight is 332 g/mol.